The van der Waals surface area contributed by atoms with Crippen LogP contribution in [0.3, 0.4) is 0 Å². The predicted molar refractivity (Wildman–Crippen MR) is 66.6 cm³/mol. The van der Waals surface area contributed by atoms with Crippen LogP contribution in [0.4, 0.5) is 4.79 Å². The zero-order valence-electron chi connectivity index (χ0n) is 11.5. The summed E-state index contributed by atoms with van der Waals surface area (Å²) in [6.07, 6.45) is -0.500. The molecule has 19 heavy (non-hydrogen) atoms. The van der Waals surface area contributed by atoms with E-state index in [1.165, 1.54) is 0 Å². The normalized spacial score (nSPS) is 11.8. The lowest BCUT2D eigenvalue weighted by atomic mass is 10.1. The summed E-state index contributed by atoms with van der Waals surface area (Å²) in [5, 5.41) is 10.9. The van der Waals surface area contributed by atoms with Gasteiger partial charge in [0.1, 0.15) is 6.04 Å². The molecule has 1 atom stereocenters. The van der Waals surface area contributed by atoms with E-state index in [1.54, 1.807) is 20.8 Å². The van der Waals surface area contributed by atoms with Crippen LogP contribution in [0.15, 0.2) is 0 Å². The molecule has 0 bridgehead atoms. The zero-order valence-corrected chi connectivity index (χ0v) is 11.5. The maximum absolute atomic E-state index is 11.7. The van der Waals surface area contributed by atoms with Crippen LogP contribution in [0.5, 0.6) is 0 Å². The van der Waals surface area contributed by atoms with Crippen LogP contribution >= 0.6 is 0 Å². The number of carbonyl (C=O) groups excluding carboxylic acids is 2. The molecular weight excluding hydrogens is 254 g/mol. The molecule has 0 saturated carbocycles. The first-order chi connectivity index (χ1) is 8.88. The van der Waals surface area contributed by atoms with Crippen molar-refractivity contribution in [3.05, 3.63) is 0 Å². The van der Waals surface area contributed by atoms with Gasteiger partial charge in [-0.25, -0.2) is 9.59 Å². The van der Waals surface area contributed by atoms with Gasteiger partial charge in [-0.05, 0) is 19.3 Å². The van der Waals surface area contributed by atoms with Crippen molar-refractivity contribution < 1.29 is 29.0 Å². The molecule has 1 unspecified atom stereocenters. The molecule has 0 radical (unpaired) electrons. The summed E-state index contributed by atoms with van der Waals surface area (Å²) < 4.78 is 9.62. The van der Waals surface area contributed by atoms with Crippen LogP contribution in [-0.4, -0.2) is 42.4 Å². The number of amides is 1. The Morgan fingerprint density at radius 3 is 2.32 bits per heavy atom. The van der Waals surface area contributed by atoms with Crippen LogP contribution in [0.1, 0.15) is 33.6 Å². The SMILES string of the molecule is CCOC(=O)NC(C(=O)OCCCC(=O)O)C(C)C. The van der Waals surface area contributed by atoms with Crippen molar-refractivity contribution in [2.45, 2.75) is 39.7 Å². The third kappa shape index (κ3) is 8.01. The van der Waals surface area contributed by atoms with E-state index in [4.69, 9.17) is 14.6 Å². The number of aliphatic carboxylic acids is 1. The Balaban J connectivity index is 4.18. The van der Waals surface area contributed by atoms with Gasteiger partial charge in [0.05, 0.1) is 13.2 Å². The highest BCUT2D eigenvalue weighted by atomic mass is 16.6. The van der Waals surface area contributed by atoms with Gasteiger partial charge in [0.2, 0.25) is 0 Å². The fourth-order valence-corrected chi connectivity index (χ4v) is 1.28. The first kappa shape index (κ1) is 17.2. The van der Waals surface area contributed by atoms with E-state index in [9.17, 15) is 14.4 Å². The zero-order chi connectivity index (χ0) is 14.8. The van der Waals surface area contributed by atoms with Gasteiger partial charge in [-0.2, -0.15) is 0 Å². The summed E-state index contributed by atoms with van der Waals surface area (Å²) in [6.45, 7) is 5.40. The second kappa shape index (κ2) is 9.18. The van der Waals surface area contributed by atoms with Crippen molar-refractivity contribution in [2.75, 3.05) is 13.2 Å². The van der Waals surface area contributed by atoms with E-state index in [1.807, 2.05) is 0 Å². The van der Waals surface area contributed by atoms with Gasteiger partial charge in [0.25, 0.3) is 0 Å². The summed E-state index contributed by atoms with van der Waals surface area (Å²) in [5.41, 5.74) is 0. The number of rotatable bonds is 8. The third-order valence-electron chi connectivity index (χ3n) is 2.25. The number of hydrogen-bond donors (Lipinski definition) is 2. The van der Waals surface area contributed by atoms with Gasteiger partial charge in [-0.1, -0.05) is 13.8 Å². The first-order valence-corrected chi connectivity index (χ1v) is 6.20. The lowest BCUT2D eigenvalue weighted by Gasteiger charge is -2.20. The monoisotopic (exact) mass is 275 g/mol. The summed E-state index contributed by atoms with van der Waals surface area (Å²) >= 11 is 0. The molecule has 0 aliphatic heterocycles. The Labute approximate surface area is 112 Å². The average molecular weight is 275 g/mol. The Kier molecular flexibility index (Phi) is 8.32. The highest BCUT2D eigenvalue weighted by Gasteiger charge is 2.26. The molecule has 0 aliphatic rings. The van der Waals surface area contributed by atoms with Crippen LogP contribution in [0.25, 0.3) is 0 Å². The van der Waals surface area contributed by atoms with Crippen LogP contribution < -0.4 is 5.32 Å². The fourth-order valence-electron chi connectivity index (χ4n) is 1.28. The molecule has 1 amide bonds. The minimum absolute atomic E-state index is 0.0128. The first-order valence-electron chi connectivity index (χ1n) is 6.20. The van der Waals surface area contributed by atoms with E-state index in [0.29, 0.717) is 0 Å². The summed E-state index contributed by atoms with van der Waals surface area (Å²) in [5.74, 6) is -1.69. The number of carboxylic acids is 1. The van der Waals surface area contributed by atoms with E-state index >= 15 is 0 Å². The van der Waals surface area contributed by atoms with E-state index in [0.717, 1.165) is 0 Å². The third-order valence-corrected chi connectivity index (χ3v) is 2.25. The molecule has 0 spiro atoms. The number of carbonyl (C=O) groups is 3. The Bertz CT molecular complexity index is 315. The molecule has 7 heteroatoms. The standard InChI is InChI=1S/C12H21NO6/c1-4-18-12(17)13-10(8(2)3)11(16)19-7-5-6-9(14)15/h8,10H,4-7H2,1-3H3,(H,13,17)(H,14,15). The molecule has 0 fully saturated rings. The summed E-state index contributed by atoms with van der Waals surface area (Å²) in [4.78, 5) is 33.3. The molecule has 110 valence electrons. The van der Waals surface area contributed by atoms with Gasteiger partial charge in [0, 0.05) is 6.42 Å². The van der Waals surface area contributed by atoms with Gasteiger partial charge < -0.3 is 19.9 Å². The second-order valence-corrected chi connectivity index (χ2v) is 4.25. The Morgan fingerprint density at radius 1 is 1.21 bits per heavy atom. The van der Waals surface area contributed by atoms with Crippen LogP contribution in [0.2, 0.25) is 0 Å². The molecule has 0 aromatic heterocycles. The summed E-state index contributed by atoms with van der Waals surface area (Å²) in [7, 11) is 0. The molecule has 2 N–H and O–H groups in total. The van der Waals surface area contributed by atoms with Crippen molar-refractivity contribution in [1.82, 2.24) is 5.32 Å². The molecule has 0 rings (SSSR count). The van der Waals surface area contributed by atoms with Crippen molar-refractivity contribution in [3.8, 4) is 0 Å². The number of ether oxygens (including phenoxy) is 2. The minimum atomic E-state index is -0.943. The number of hydrogen-bond acceptors (Lipinski definition) is 5. The van der Waals surface area contributed by atoms with E-state index in [2.05, 4.69) is 5.32 Å². The van der Waals surface area contributed by atoms with Gasteiger partial charge in [0.15, 0.2) is 0 Å². The molecule has 7 nitrogen and oxygen atoms in total. The molecule has 0 heterocycles. The number of carboxylic acid groups (broad SMARTS) is 1. The fraction of sp³-hybridized carbons (Fsp3) is 0.750. The Hall–Kier alpha value is -1.79. The number of alkyl carbamates (subject to hydrolysis) is 1. The largest absolute Gasteiger partial charge is 0.481 e. The number of esters is 1. The van der Waals surface area contributed by atoms with Crippen molar-refractivity contribution in [3.63, 3.8) is 0 Å². The topological polar surface area (TPSA) is 102 Å². The molecule has 0 aliphatic carbocycles. The number of nitrogens with one attached hydrogen (secondary N) is 1. The Morgan fingerprint density at radius 2 is 1.84 bits per heavy atom. The predicted octanol–water partition coefficient (Wildman–Crippen LogP) is 1.17. The maximum atomic E-state index is 11.7. The smallest absolute Gasteiger partial charge is 0.407 e. The average Bonchev–Trinajstić information content (AvgIpc) is 2.31. The van der Waals surface area contributed by atoms with Gasteiger partial charge >= 0.3 is 18.0 Å². The second-order valence-electron chi connectivity index (χ2n) is 4.25. The lowest BCUT2D eigenvalue weighted by molar-refractivity contribution is -0.148. The van der Waals surface area contributed by atoms with Crippen LogP contribution in [0, 0.1) is 5.92 Å². The lowest BCUT2D eigenvalue weighted by Crippen LogP contribution is -2.45. The molecular formula is C12H21NO6. The minimum Gasteiger partial charge on any atom is -0.481 e. The van der Waals surface area contributed by atoms with Crippen LogP contribution in [-0.2, 0) is 19.1 Å². The van der Waals surface area contributed by atoms with Gasteiger partial charge in [-0.15, -0.1) is 0 Å². The molecule has 0 aromatic rings. The molecule has 0 saturated heterocycles. The van der Waals surface area contributed by atoms with E-state index < -0.39 is 24.1 Å². The van der Waals surface area contributed by atoms with Crippen molar-refractivity contribution in [1.29, 1.82) is 0 Å². The quantitative estimate of drug-likeness (QED) is 0.509. The highest BCUT2D eigenvalue weighted by Crippen LogP contribution is 2.05. The highest BCUT2D eigenvalue weighted by molar-refractivity contribution is 5.81. The van der Waals surface area contributed by atoms with Gasteiger partial charge in [-0.3, -0.25) is 4.79 Å². The van der Waals surface area contributed by atoms with E-state index in [-0.39, 0.29) is 32.0 Å². The molecule has 0 aromatic carbocycles. The van der Waals surface area contributed by atoms with Crippen molar-refractivity contribution >= 4 is 18.0 Å². The maximum Gasteiger partial charge on any atom is 0.407 e. The summed E-state index contributed by atoms with van der Waals surface area (Å²) in [6, 6.07) is -0.802. The van der Waals surface area contributed by atoms with Crippen molar-refractivity contribution in [2.24, 2.45) is 5.92 Å².